The average molecular weight is 158 g/mol. The highest BCUT2D eigenvalue weighted by Gasteiger charge is 2.23. The number of hydrogen-bond donors (Lipinski definition) is 0. The first-order valence-electron chi connectivity index (χ1n) is 4.01. The number of hydrogen-bond acceptors (Lipinski definition) is 1. The molecule has 0 saturated heterocycles. The molecule has 0 amide bonds. The average Bonchev–Trinajstić information content (AvgIpc) is 1.60. The van der Waals surface area contributed by atoms with Crippen molar-refractivity contribution >= 4 is 14.5 Å². The summed E-state index contributed by atoms with van der Waals surface area (Å²) in [5.74, 6) is 2.26. The zero-order valence-corrected chi connectivity index (χ0v) is 9.22. The van der Waals surface area contributed by atoms with Crippen molar-refractivity contribution in [3.8, 4) is 0 Å². The molecule has 0 spiro atoms. The second kappa shape index (κ2) is 3.76. The van der Waals surface area contributed by atoms with Crippen LogP contribution in [0.25, 0.3) is 0 Å². The molecule has 10 heavy (non-hydrogen) atoms. The lowest BCUT2D eigenvalue weighted by atomic mass is 10.2. The molecular weight excluding hydrogens is 139 g/mol. The topological polar surface area (TPSA) is 9.23 Å². The third-order valence-electron chi connectivity index (χ3n) is 1.48. The van der Waals surface area contributed by atoms with E-state index < -0.39 is 14.5 Å². The molecule has 0 bridgehead atoms. The van der Waals surface area contributed by atoms with E-state index in [0.29, 0.717) is 0 Å². The van der Waals surface area contributed by atoms with Crippen LogP contribution in [0.5, 0.6) is 0 Å². The molecule has 0 radical (unpaired) electrons. The van der Waals surface area contributed by atoms with E-state index in [1.54, 1.807) is 0 Å². The van der Waals surface area contributed by atoms with Gasteiger partial charge >= 0.3 is 14.5 Å². The van der Waals surface area contributed by atoms with Crippen LogP contribution < -0.4 is 0 Å². The summed E-state index contributed by atoms with van der Waals surface area (Å²) in [5, 5.41) is 0. The Morgan fingerprint density at radius 3 is 1.70 bits per heavy atom. The largest absolute Gasteiger partial charge is 0.496 e. The predicted octanol–water partition coefficient (Wildman–Crippen LogP) is 2.83. The minimum Gasteiger partial charge on any atom is -0.496 e. The molecule has 0 aromatic heterocycles. The van der Waals surface area contributed by atoms with Crippen molar-refractivity contribution in [2.75, 3.05) is 0 Å². The van der Waals surface area contributed by atoms with Crippen LogP contribution in [0, 0.1) is 0 Å². The molecule has 0 heterocycles. The van der Waals surface area contributed by atoms with Crippen molar-refractivity contribution in [2.24, 2.45) is 0 Å². The Labute approximate surface area is 69.5 Å². The van der Waals surface area contributed by atoms with Crippen LogP contribution in [0.3, 0.4) is 0 Å². The van der Waals surface area contributed by atoms with Gasteiger partial charge in [0.2, 0.25) is 0 Å². The van der Waals surface area contributed by atoms with Crippen molar-refractivity contribution in [1.82, 2.24) is 0 Å². The predicted molar refractivity (Wildman–Crippen MR) is 47.6 cm³/mol. The van der Waals surface area contributed by atoms with Gasteiger partial charge in [-0.05, 0) is 20.8 Å². The second-order valence-corrected chi connectivity index (χ2v) is 7.16. The lowest BCUT2D eigenvalue weighted by molar-refractivity contribution is 0.127. The molecule has 0 aromatic carbocycles. The van der Waals surface area contributed by atoms with Gasteiger partial charge in [-0.3, -0.25) is 0 Å². The fourth-order valence-electron chi connectivity index (χ4n) is 0.694. The van der Waals surface area contributed by atoms with Crippen LogP contribution in [0.15, 0.2) is 0 Å². The maximum absolute atomic E-state index is 5.84. The van der Waals surface area contributed by atoms with Crippen molar-refractivity contribution in [2.45, 2.75) is 50.8 Å². The smallest absolute Gasteiger partial charge is 0.460 e. The number of rotatable bonds is 2. The molecule has 0 N–H and O–H groups in total. The normalized spacial score (nSPS) is 12.3. The molecule has 0 aliphatic heterocycles. The van der Waals surface area contributed by atoms with Gasteiger partial charge in [0.25, 0.3) is 0 Å². The standard InChI is InChI=1S/C4H9O.C3H7.CH3.Al/c1-4(2,3)5;1-3-2;;/h1-3H3;3H,1-2H3;1H3;/q-1;;;+1. The van der Waals surface area contributed by atoms with E-state index in [-0.39, 0.29) is 5.60 Å². The van der Waals surface area contributed by atoms with Crippen molar-refractivity contribution < 1.29 is 3.79 Å². The Bertz CT molecular complexity index is 93.9. The fourth-order valence-corrected chi connectivity index (χ4v) is 2.08. The highest BCUT2D eigenvalue weighted by molar-refractivity contribution is 6.51. The van der Waals surface area contributed by atoms with Crippen molar-refractivity contribution in [1.29, 1.82) is 0 Å². The zero-order chi connectivity index (χ0) is 8.36. The van der Waals surface area contributed by atoms with Gasteiger partial charge in [0.1, 0.15) is 0 Å². The van der Waals surface area contributed by atoms with E-state index in [4.69, 9.17) is 3.79 Å². The molecule has 2 heteroatoms. The summed E-state index contributed by atoms with van der Waals surface area (Å²) in [7, 11) is 0. The van der Waals surface area contributed by atoms with E-state index in [1.165, 1.54) is 0 Å². The van der Waals surface area contributed by atoms with Gasteiger partial charge in [-0.2, -0.15) is 0 Å². The summed E-state index contributed by atoms with van der Waals surface area (Å²) in [6, 6.07) is 0. The molecule has 60 valence electrons. The van der Waals surface area contributed by atoms with Gasteiger partial charge in [-0.15, -0.1) is 0 Å². The van der Waals surface area contributed by atoms with Gasteiger partial charge in [0.05, 0.1) is 0 Å². The van der Waals surface area contributed by atoms with Gasteiger partial charge < -0.3 is 3.79 Å². The SMILES string of the molecule is C[CH](C)[Al]([CH3])[O]C(C)(C)C. The minimum atomic E-state index is -0.900. The molecule has 0 atom stereocenters. The van der Waals surface area contributed by atoms with Crippen LogP contribution in [-0.2, 0) is 3.79 Å². The third kappa shape index (κ3) is 5.29. The quantitative estimate of drug-likeness (QED) is 0.561. The van der Waals surface area contributed by atoms with Gasteiger partial charge in [-0.1, -0.05) is 24.4 Å². The minimum absolute atomic E-state index is 0.0654. The van der Waals surface area contributed by atoms with Gasteiger partial charge in [0.15, 0.2) is 0 Å². The maximum Gasteiger partial charge on any atom is 0.460 e. The fraction of sp³-hybridized carbons (Fsp3) is 1.00. The summed E-state index contributed by atoms with van der Waals surface area (Å²) in [6.45, 7) is 10.8. The summed E-state index contributed by atoms with van der Waals surface area (Å²) >= 11 is -0.900. The Kier molecular flexibility index (Phi) is 3.95. The molecular formula is C8H19AlO. The summed E-state index contributed by atoms with van der Waals surface area (Å²) in [6.07, 6.45) is 0. The maximum atomic E-state index is 5.84. The Balaban J connectivity index is 3.68. The first-order chi connectivity index (χ1) is 4.33. The van der Waals surface area contributed by atoms with E-state index in [2.05, 4.69) is 40.4 Å². The van der Waals surface area contributed by atoms with Crippen molar-refractivity contribution in [3.05, 3.63) is 0 Å². The van der Waals surface area contributed by atoms with Crippen LogP contribution in [0.2, 0.25) is 10.6 Å². The molecule has 0 unspecified atom stereocenters. The summed E-state index contributed by atoms with van der Waals surface area (Å²) in [5.41, 5.74) is 0.0654. The second-order valence-electron chi connectivity index (χ2n) is 4.18. The molecule has 0 aromatic rings. The van der Waals surface area contributed by atoms with Crippen LogP contribution in [-0.4, -0.2) is 20.1 Å². The Morgan fingerprint density at radius 2 is 1.60 bits per heavy atom. The van der Waals surface area contributed by atoms with E-state index in [1.807, 2.05) is 0 Å². The molecule has 0 aliphatic rings. The van der Waals surface area contributed by atoms with Gasteiger partial charge in [0, 0.05) is 5.60 Å². The summed E-state index contributed by atoms with van der Waals surface area (Å²) < 4.78 is 6.59. The van der Waals surface area contributed by atoms with Crippen LogP contribution in [0.4, 0.5) is 0 Å². The van der Waals surface area contributed by atoms with Gasteiger partial charge in [-0.25, -0.2) is 0 Å². The summed E-state index contributed by atoms with van der Waals surface area (Å²) in [4.78, 5) is 0. The molecule has 0 aliphatic carbocycles. The first kappa shape index (κ1) is 10.5. The zero-order valence-electron chi connectivity index (χ0n) is 8.06. The highest BCUT2D eigenvalue weighted by Crippen LogP contribution is 2.16. The molecule has 0 rings (SSSR count). The first-order valence-corrected chi connectivity index (χ1v) is 6.30. The molecule has 1 nitrogen and oxygen atoms in total. The van der Waals surface area contributed by atoms with Crippen molar-refractivity contribution in [3.63, 3.8) is 0 Å². The monoisotopic (exact) mass is 158 g/mol. The van der Waals surface area contributed by atoms with Crippen LogP contribution >= 0.6 is 0 Å². The van der Waals surface area contributed by atoms with E-state index >= 15 is 0 Å². The molecule has 0 fully saturated rings. The Morgan fingerprint density at radius 1 is 1.20 bits per heavy atom. The molecule has 0 saturated carbocycles. The van der Waals surface area contributed by atoms with Crippen LogP contribution in [0.1, 0.15) is 34.6 Å². The lowest BCUT2D eigenvalue weighted by Gasteiger charge is -2.25. The lowest BCUT2D eigenvalue weighted by Crippen LogP contribution is -2.30. The Hall–Kier alpha value is 0.492. The van der Waals surface area contributed by atoms with E-state index in [9.17, 15) is 0 Å². The van der Waals surface area contributed by atoms with E-state index in [0.717, 1.165) is 4.78 Å². The third-order valence-corrected chi connectivity index (χ3v) is 4.43. The highest BCUT2D eigenvalue weighted by atomic mass is 27.2.